The zero-order valence-corrected chi connectivity index (χ0v) is 9.55. The topological polar surface area (TPSA) is 52.0 Å². The van der Waals surface area contributed by atoms with Crippen LogP contribution in [0.4, 0.5) is 15.8 Å². The second kappa shape index (κ2) is 4.28. The minimum absolute atomic E-state index is 0.0534. The highest BCUT2D eigenvalue weighted by atomic mass is 35.5. The molecule has 0 amide bonds. The summed E-state index contributed by atoms with van der Waals surface area (Å²) in [5, 5.41) is 0.189. The predicted molar refractivity (Wildman–Crippen MR) is 61.2 cm³/mol. The quantitative estimate of drug-likeness (QED) is 0.611. The Labute approximate surface area is 91.8 Å². The maximum Gasteiger partial charge on any atom is 0.159 e. The van der Waals surface area contributed by atoms with Gasteiger partial charge in [0.2, 0.25) is 0 Å². The summed E-state index contributed by atoms with van der Waals surface area (Å²) in [4.78, 5) is 0.374. The van der Waals surface area contributed by atoms with Crippen LogP contribution in [0.15, 0.2) is 11.0 Å². The molecule has 0 saturated carbocycles. The Morgan fingerprint density at radius 3 is 2.43 bits per heavy atom. The molecule has 1 rings (SSSR count). The third kappa shape index (κ3) is 2.25. The predicted octanol–water partition coefficient (Wildman–Crippen LogP) is 3.14. The molecule has 0 atom stereocenters. The fourth-order valence-corrected chi connectivity index (χ4v) is 2.08. The Kier molecular flexibility index (Phi) is 3.50. The Bertz CT molecular complexity index is 355. The van der Waals surface area contributed by atoms with E-state index in [9.17, 15) is 4.39 Å². The molecule has 0 unspecified atom stereocenters. The highest BCUT2D eigenvalue weighted by Gasteiger charge is 2.15. The van der Waals surface area contributed by atoms with Gasteiger partial charge in [-0.15, -0.1) is 11.8 Å². The van der Waals surface area contributed by atoms with E-state index in [4.69, 9.17) is 23.1 Å². The molecule has 14 heavy (non-hydrogen) atoms. The molecule has 0 aliphatic carbocycles. The molecule has 0 bridgehead atoms. The number of anilines is 2. The average molecular weight is 235 g/mol. The molecule has 0 fully saturated rings. The van der Waals surface area contributed by atoms with Crippen molar-refractivity contribution in [1.29, 1.82) is 0 Å². The smallest absolute Gasteiger partial charge is 0.159 e. The van der Waals surface area contributed by atoms with Crippen LogP contribution >= 0.6 is 23.4 Å². The van der Waals surface area contributed by atoms with Gasteiger partial charge in [0, 0.05) is 5.25 Å². The van der Waals surface area contributed by atoms with E-state index >= 15 is 0 Å². The molecule has 0 spiro atoms. The lowest BCUT2D eigenvalue weighted by atomic mass is 10.3. The third-order valence-electron chi connectivity index (χ3n) is 1.57. The lowest BCUT2D eigenvalue weighted by Crippen LogP contribution is -2.00. The van der Waals surface area contributed by atoms with Gasteiger partial charge < -0.3 is 11.5 Å². The summed E-state index contributed by atoms with van der Waals surface area (Å²) in [6, 6.07) is 1.48. The van der Waals surface area contributed by atoms with Crippen LogP contribution in [0.3, 0.4) is 0 Å². The first-order valence-electron chi connectivity index (χ1n) is 4.13. The Morgan fingerprint density at radius 1 is 1.36 bits per heavy atom. The van der Waals surface area contributed by atoms with Crippen LogP contribution in [0.2, 0.25) is 5.02 Å². The van der Waals surface area contributed by atoms with Gasteiger partial charge in [-0.2, -0.15) is 0 Å². The number of nitrogen functional groups attached to an aromatic ring is 2. The normalized spacial score (nSPS) is 10.9. The van der Waals surface area contributed by atoms with Crippen LogP contribution < -0.4 is 11.5 Å². The maximum absolute atomic E-state index is 13.6. The van der Waals surface area contributed by atoms with Crippen LogP contribution in [0.5, 0.6) is 0 Å². The Hall–Kier alpha value is -0.610. The van der Waals surface area contributed by atoms with Crippen molar-refractivity contribution in [3.63, 3.8) is 0 Å². The maximum atomic E-state index is 13.6. The van der Waals surface area contributed by atoms with Crippen molar-refractivity contribution in [3.8, 4) is 0 Å². The van der Waals surface area contributed by atoms with Crippen LogP contribution in [0, 0.1) is 5.82 Å². The number of benzene rings is 1. The van der Waals surface area contributed by atoms with E-state index in [1.807, 2.05) is 13.8 Å². The highest BCUT2D eigenvalue weighted by Crippen LogP contribution is 2.37. The summed E-state index contributed by atoms with van der Waals surface area (Å²) in [6.45, 7) is 3.90. The van der Waals surface area contributed by atoms with Crippen molar-refractivity contribution in [2.75, 3.05) is 11.5 Å². The molecule has 0 saturated heterocycles. The van der Waals surface area contributed by atoms with Crippen molar-refractivity contribution in [1.82, 2.24) is 0 Å². The largest absolute Gasteiger partial charge is 0.398 e. The van der Waals surface area contributed by atoms with Crippen LogP contribution in [-0.4, -0.2) is 5.25 Å². The number of halogens is 2. The van der Waals surface area contributed by atoms with Crippen molar-refractivity contribution in [2.24, 2.45) is 0 Å². The van der Waals surface area contributed by atoms with Gasteiger partial charge in [-0.1, -0.05) is 25.4 Å². The lowest BCUT2D eigenvalue weighted by Gasteiger charge is -2.11. The van der Waals surface area contributed by atoms with Gasteiger partial charge in [0.05, 0.1) is 16.3 Å². The summed E-state index contributed by atoms with van der Waals surface area (Å²) in [5.41, 5.74) is 11.6. The zero-order valence-electron chi connectivity index (χ0n) is 7.97. The third-order valence-corrected chi connectivity index (χ3v) is 3.08. The fraction of sp³-hybridized carbons (Fsp3) is 0.333. The van der Waals surface area contributed by atoms with Crippen LogP contribution in [0.25, 0.3) is 0 Å². The van der Waals surface area contributed by atoms with Gasteiger partial charge in [0.25, 0.3) is 0 Å². The molecule has 0 aliphatic rings. The van der Waals surface area contributed by atoms with E-state index in [0.717, 1.165) is 0 Å². The standard InChI is InChI=1S/C9H12ClFN2S/c1-4(2)14-9-6(13)3-5(12)7(10)8(9)11/h3-4H,12-13H2,1-2H3. The summed E-state index contributed by atoms with van der Waals surface area (Å²) in [6.07, 6.45) is 0. The molecule has 2 nitrogen and oxygen atoms in total. The summed E-state index contributed by atoms with van der Waals surface area (Å²) in [7, 11) is 0. The Balaban J connectivity index is 3.22. The number of hydrogen-bond donors (Lipinski definition) is 2. The molecular formula is C9H12ClFN2S. The molecule has 78 valence electrons. The van der Waals surface area contributed by atoms with Crippen molar-refractivity contribution in [3.05, 3.63) is 16.9 Å². The Morgan fingerprint density at radius 2 is 1.93 bits per heavy atom. The van der Waals surface area contributed by atoms with Gasteiger partial charge in [-0.3, -0.25) is 0 Å². The first-order chi connectivity index (χ1) is 6.43. The van der Waals surface area contributed by atoms with E-state index in [2.05, 4.69) is 0 Å². The number of hydrogen-bond acceptors (Lipinski definition) is 3. The molecule has 1 aromatic rings. The van der Waals surface area contributed by atoms with Gasteiger partial charge in [0.15, 0.2) is 5.82 Å². The van der Waals surface area contributed by atoms with E-state index in [0.29, 0.717) is 10.6 Å². The SMILES string of the molecule is CC(C)Sc1c(N)cc(N)c(Cl)c1F. The minimum Gasteiger partial charge on any atom is -0.398 e. The lowest BCUT2D eigenvalue weighted by molar-refractivity contribution is 0.604. The van der Waals surface area contributed by atoms with Gasteiger partial charge in [-0.25, -0.2) is 4.39 Å². The molecule has 0 aromatic heterocycles. The molecule has 4 N–H and O–H groups in total. The molecule has 5 heteroatoms. The van der Waals surface area contributed by atoms with Crippen molar-refractivity contribution in [2.45, 2.75) is 24.0 Å². The number of thioether (sulfide) groups is 1. The average Bonchev–Trinajstić information content (AvgIpc) is 2.09. The van der Waals surface area contributed by atoms with Gasteiger partial charge in [-0.05, 0) is 6.07 Å². The first-order valence-corrected chi connectivity index (χ1v) is 5.38. The molecule has 1 aromatic carbocycles. The monoisotopic (exact) mass is 234 g/mol. The van der Waals surface area contributed by atoms with E-state index in [-0.39, 0.29) is 16.0 Å². The van der Waals surface area contributed by atoms with Gasteiger partial charge in [0.1, 0.15) is 5.02 Å². The van der Waals surface area contributed by atoms with E-state index < -0.39 is 5.82 Å². The first kappa shape index (κ1) is 11.5. The molecule has 0 radical (unpaired) electrons. The molecule has 0 aliphatic heterocycles. The van der Waals surface area contributed by atoms with Crippen LogP contribution in [-0.2, 0) is 0 Å². The van der Waals surface area contributed by atoms with Gasteiger partial charge >= 0.3 is 0 Å². The summed E-state index contributed by atoms with van der Waals surface area (Å²) < 4.78 is 13.6. The van der Waals surface area contributed by atoms with E-state index in [1.54, 1.807) is 0 Å². The van der Waals surface area contributed by atoms with Crippen LogP contribution in [0.1, 0.15) is 13.8 Å². The summed E-state index contributed by atoms with van der Waals surface area (Å²) in [5.74, 6) is -0.525. The second-order valence-electron chi connectivity index (χ2n) is 3.18. The number of rotatable bonds is 2. The minimum atomic E-state index is -0.525. The highest BCUT2D eigenvalue weighted by molar-refractivity contribution is 8.00. The van der Waals surface area contributed by atoms with Crippen molar-refractivity contribution >= 4 is 34.7 Å². The molecule has 0 heterocycles. The number of nitrogens with two attached hydrogens (primary N) is 2. The summed E-state index contributed by atoms with van der Waals surface area (Å²) >= 11 is 7.00. The molecular weight excluding hydrogens is 223 g/mol. The van der Waals surface area contributed by atoms with E-state index in [1.165, 1.54) is 17.8 Å². The van der Waals surface area contributed by atoms with Crippen molar-refractivity contribution < 1.29 is 4.39 Å². The second-order valence-corrected chi connectivity index (χ2v) is 5.14. The fourth-order valence-electron chi connectivity index (χ4n) is 1.01. The zero-order chi connectivity index (χ0) is 10.9.